The summed E-state index contributed by atoms with van der Waals surface area (Å²) in [5.41, 5.74) is 3.00. The maximum atomic E-state index is 12.4. The molecule has 0 radical (unpaired) electrons. The summed E-state index contributed by atoms with van der Waals surface area (Å²) in [4.78, 5) is 31.4. The Morgan fingerprint density at radius 3 is 2.59 bits per heavy atom. The maximum absolute atomic E-state index is 12.4. The molecular weight excluding hydrogens is 390 g/mol. The predicted octanol–water partition coefficient (Wildman–Crippen LogP) is 3.81. The first-order valence-electron chi connectivity index (χ1n) is 9.62. The van der Waals surface area contributed by atoms with E-state index in [9.17, 15) is 9.59 Å². The van der Waals surface area contributed by atoms with Gasteiger partial charge in [-0.15, -0.1) is 12.4 Å². The molecule has 0 fully saturated rings. The number of benzene rings is 2. The standard InChI is InChI=1S/C22H27N3O3.ClH/c1-25(14-12-16-7-3-4-9-21(16)28-2)13-6-5-8-20(26)17-10-11-18-19(15-17)24-22(27)23-18;/h3-4,7,9-11,15H,5-6,8,12-14H2,1-2H3,(H2,23,24,27);1H. The Labute approximate surface area is 176 Å². The molecule has 0 amide bonds. The van der Waals surface area contributed by atoms with Gasteiger partial charge in [-0.3, -0.25) is 4.79 Å². The molecule has 0 aliphatic carbocycles. The molecule has 0 saturated carbocycles. The smallest absolute Gasteiger partial charge is 0.323 e. The number of ketones is 1. The number of fused-ring (bicyclic) bond motifs is 1. The molecule has 0 bridgehead atoms. The molecule has 0 saturated heterocycles. The molecule has 0 spiro atoms. The van der Waals surface area contributed by atoms with Gasteiger partial charge in [0.2, 0.25) is 0 Å². The minimum atomic E-state index is -0.254. The van der Waals surface area contributed by atoms with E-state index in [1.807, 2.05) is 18.2 Å². The van der Waals surface area contributed by atoms with E-state index in [2.05, 4.69) is 28.0 Å². The largest absolute Gasteiger partial charge is 0.496 e. The second-order valence-electron chi connectivity index (χ2n) is 7.08. The molecule has 0 unspecified atom stereocenters. The summed E-state index contributed by atoms with van der Waals surface area (Å²) in [5.74, 6) is 1.04. The van der Waals surface area contributed by atoms with Crippen LogP contribution in [0.5, 0.6) is 5.75 Å². The Kier molecular flexibility index (Phi) is 8.49. The highest BCUT2D eigenvalue weighted by molar-refractivity contribution is 5.98. The van der Waals surface area contributed by atoms with Crippen molar-refractivity contribution in [1.29, 1.82) is 0 Å². The number of rotatable bonds is 10. The van der Waals surface area contributed by atoms with Gasteiger partial charge in [-0.1, -0.05) is 18.2 Å². The third-order valence-corrected chi connectivity index (χ3v) is 4.99. The zero-order chi connectivity index (χ0) is 19.9. The highest BCUT2D eigenvalue weighted by Crippen LogP contribution is 2.18. The van der Waals surface area contributed by atoms with Gasteiger partial charge in [-0.25, -0.2) is 4.79 Å². The van der Waals surface area contributed by atoms with E-state index in [1.165, 1.54) is 5.56 Å². The van der Waals surface area contributed by atoms with Crippen molar-refractivity contribution in [3.8, 4) is 5.75 Å². The van der Waals surface area contributed by atoms with E-state index in [4.69, 9.17) is 4.74 Å². The number of nitrogens with zero attached hydrogens (tertiary/aromatic N) is 1. The van der Waals surface area contributed by atoms with Gasteiger partial charge in [0.25, 0.3) is 0 Å². The summed E-state index contributed by atoms with van der Waals surface area (Å²) in [5, 5.41) is 0. The molecule has 29 heavy (non-hydrogen) atoms. The first-order chi connectivity index (χ1) is 13.6. The van der Waals surface area contributed by atoms with Crippen LogP contribution in [0.15, 0.2) is 47.3 Å². The molecule has 0 aliphatic rings. The van der Waals surface area contributed by atoms with Crippen LogP contribution in [0.4, 0.5) is 0 Å². The van der Waals surface area contributed by atoms with Gasteiger partial charge in [0, 0.05) is 18.5 Å². The van der Waals surface area contributed by atoms with Crippen molar-refractivity contribution < 1.29 is 9.53 Å². The number of H-pyrrole nitrogens is 2. The fraction of sp³-hybridized carbons (Fsp3) is 0.364. The topological polar surface area (TPSA) is 78.2 Å². The van der Waals surface area contributed by atoms with Crippen LogP contribution < -0.4 is 10.4 Å². The van der Waals surface area contributed by atoms with Gasteiger partial charge < -0.3 is 19.6 Å². The van der Waals surface area contributed by atoms with Crippen LogP contribution in [-0.4, -0.2) is 47.9 Å². The molecule has 2 N–H and O–H groups in total. The van der Waals surface area contributed by atoms with Gasteiger partial charge in [-0.05, 0) is 62.7 Å². The molecule has 1 aromatic heterocycles. The summed E-state index contributed by atoms with van der Waals surface area (Å²) in [6, 6.07) is 13.4. The lowest BCUT2D eigenvalue weighted by Gasteiger charge is -2.17. The molecular formula is C22H28ClN3O3. The number of unbranched alkanes of at least 4 members (excludes halogenated alkanes) is 1. The SMILES string of the molecule is COc1ccccc1CCN(C)CCCCC(=O)c1ccc2[nH]c(=O)[nH]c2c1.Cl. The minimum absolute atomic E-state index is 0. The average Bonchev–Trinajstić information content (AvgIpc) is 3.08. The number of carbonyl (C=O) groups is 1. The molecule has 3 aromatic rings. The molecule has 0 aliphatic heterocycles. The van der Waals surface area contributed by atoms with Crippen LogP contribution in [-0.2, 0) is 6.42 Å². The lowest BCUT2D eigenvalue weighted by atomic mass is 10.0. The normalized spacial score (nSPS) is 10.9. The molecule has 156 valence electrons. The number of imidazole rings is 1. The Balaban J connectivity index is 0.00000300. The second-order valence-corrected chi connectivity index (χ2v) is 7.08. The Hall–Kier alpha value is -2.57. The highest BCUT2D eigenvalue weighted by Gasteiger charge is 2.09. The second kappa shape index (κ2) is 10.8. The number of para-hydroxylation sites is 1. The fourth-order valence-electron chi connectivity index (χ4n) is 3.35. The van der Waals surface area contributed by atoms with Crippen molar-refractivity contribution in [1.82, 2.24) is 14.9 Å². The van der Waals surface area contributed by atoms with Crippen LogP contribution in [0.1, 0.15) is 35.2 Å². The van der Waals surface area contributed by atoms with Crippen LogP contribution in [0.3, 0.4) is 0 Å². The van der Waals surface area contributed by atoms with Crippen molar-refractivity contribution in [2.75, 3.05) is 27.2 Å². The maximum Gasteiger partial charge on any atom is 0.323 e. The molecule has 0 atom stereocenters. The number of hydrogen-bond acceptors (Lipinski definition) is 4. The number of likely N-dealkylation sites (N-methyl/N-ethyl adjacent to an activating group) is 1. The number of halogens is 1. The van der Waals surface area contributed by atoms with Crippen LogP contribution in [0, 0.1) is 0 Å². The Morgan fingerprint density at radius 1 is 1.03 bits per heavy atom. The molecule has 6 nitrogen and oxygen atoms in total. The van der Waals surface area contributed by atoms with E-state index in [1.54, 1.807) is 25.3 Å². The predicted molar refractivity (Wildman–Crippen MR) is 119 cm³/mol. The van der Waals surface area contributed by atoms with Crippen molar-refractivity contribution in [2.45, 2.75) is 25.7 Å². The summed E-state index contributed by atoms with van der Waals surface area (Å²) in [6.07, 6.45) is 3.27. The zero-order valence-electron chi connectivity index (χ0n) is 16.9. The summed E-state index contributed by atoms with van der Waals surface area (Å²) in [7, 11) is 3.80. The van der Waals surface area contributed by atoms with Crippen LogP contribution in [0.2, 0.25) is 0 Å². The first kappa shape index (κ1) is 22.7. The average molecular weight is 418 g/mol. The Bertz CT molecular complexity index is 996. The van der Waals surface area contributed by atoms with E-state index in [0.29, 0.717) is 17.5 Å². The number of aromatic nitrogens is 2. The van der Waals surface area contributed by atoms with Gasteiger partial charge in [0.1, 0.15) is 5.75 Å². The number of methoxy groups -OCH3 is 1. The van der Waals surface area contributed by atoms with Crippen molar-refractivity contribution in [3.63, 3.8) is 0 Å². The van der Waals surface area contributed by atoms with E-state index in [0.717, 1.165) is 43.6 Å². The fourth-order valence-corrected chi connectivity index (χ4v) is 3.35. The van der Waals surface area contributed by atoms with Crippen LogP contribution in [0.25, 0.3) is 11.0 Å². The van der Waals surface area contributed by atoms with Crippen molar-refractivity contribution >= 4 is 29.2 Å². The van der Waals surface area contributed by atoms with Crippen LogP contribution >= 0.6 is 12.4 Å². The van der Waals surface area contributed by atoms with E-state index < -0.39 is 0 Å². The monoisotopic (exact) mass is 417 g/mol. The van der Waals surface area contributed by atoms with E-state index in [-0.39, 0.29) is 23.9 Å². The minimum Gasteiger partial charge on any atom is -0.496 e. The van der Waals surface area contributed by atoms with Gasteiger partial charge in [-0.2, -0.15) is 0 Å². The third kappa shape index (κ3) is 6.21. The number of carbonyl (C=O) groups excluding carboxylic acids is 1. The molecule has 3 rings (SSSR count). The lowest BCUT2D eigenvalue weighted by Crippen LogP contribution is -2.22. The number of nitrogens with one attached hydrogen (secondary N) is 2. The Morgan fingerprint density at radius 2 is 1.79 bits per heavy atom. The van der Waals surface area contributed by atoms with Crippen molar-refractivity contribution in [3.05, 3.63) is 64.1 Å². The summed E-state index contributed by atoms with van der Waals surface area (Å²) in [6.45, 7) is 1.90. The lowest BCUT2D eigenvalue weighted by molar-refractivity contribution is 0.0978. The van der Waals surface area contributed by atoms with Gasteiger partial charge in [0.15, 0.2) is 5.78 Å². The summed E-state index contributed by atoms with van der Waals surface area (Å²) >= 11 is 0. The van der Waals surface area contributed by atoms with E-state index >= 15 is 0 Å². The first-order valence-corrected chi connectivity index (χ1v) is 9.62. The third-order valence-electron chi connectivity index (χ3n) is 4.99. The van der Waals surface area contributed by atoms with Gasteiger partial charge >= 0.3 is 5.69 Å². The zero-order valence-corrected chi connectivity index (χ0v) is 17.7. The quantitative estimate of drug-likeness (QED) is 0.388. The number of Topliss-reactive ketones (excluding diaryl/α,β-unsaturated/α-hetero) is 1. The molecule has 2 aromatic carbocycles. The van der Waals surface area contributed by atoms with Crippen molar-refractivity contribution in [2.24, 2.45) is 0 Å². The summed E-state index contributed by atoms with van der Waals surface area (Å²) < 4.78 is 5.40. The number of aromatic amines is 2. The number of ether oxygens (including phenoxy) is 1. The highest BCUT2D eigenvalue weighted by atomic mass is 35.5. The molecule has 1 heterocycles. The number of hydrogen-bond donors (Lipinski definition) is 2. The molecule has 7 heteroatoms. The van der Waals surface area contributed by atoms with Gasteiger partial charge in [0.05, 0.1) is 18.1 Å².